The second-order valence-corrected chi connectivity index (χ2v) is 31.7. The van der Waals surface area contributed by atoms with Crippen LogP contribution in [0.1, 0.15) is 111 Å². The largest absolute Gasteiger partial charge is 0.508 e. The van der Waals surface area contributed by atoms with Gasteiger partial charge in [0, 0.05) is 53.7 Å². The Morgan fingerprint density at radius 1 is 0.703 bits per heavy atom. The molecule has 11 bridgehead atoms. The number of halogens is 4. The second kappa shape index (κ2) is 36.6. The number of aliphatic carboxylic acids is 1. The highest BCUT2D eigenvalue weighted by atomic mass is 35.5. The summed E-state index contributed by atoms with van der Waals surface area (Å²) in [6, 6.07) is 8.63. The van der Waals surface area contributed by atoms with Gasteiger partial charge >= 0.3 is 5.97 Å². The van der Waals surface area contributed by atoms with Gasteiger partial charge in [-0.15, -0.1) is 0 Å². The first-order valence-electron chi connectivity index (χ1n) is 37.4. The summed E-state index contributed by atoms with van der Waals surface area (Å²) in [5.41, 5.74) is 9.87. The molecular weight excluding hydrogens is 1630 g/mol. The SMILES string of the molecule is CN[C@H](CC(C)C)C(=O)N[C@H]1C(=O)N[C@@H](CC(N)=O)C(=O)N[C@H]2C(=O)N[C@H]3C(=O)N[C@H](C(=O)N[C@@H](C(=O)O)c4cc(O)cc(O)c4-c4cc3ccc4O)[C@H](O)[C@@H]3C=C(Cl)C(=CC3)Oc3cc2cc(c3OC2OC(CN)C(O)C(O)C2OC2CC(C)(NCc3ccc(OCc4ccc(Cl)c(Cl)c4)cc3)C(O)C(C)O2)Oc2ccc(cc2Cl)[C@H]1O. The molecule has 0 spiro atoms. The Labute approximate surface area is 694 Å². The molecular formula is C80H88Cl4N10O24. The molecule has 34 nitrogen and oxygen atoms in total. The third kappa shape index (κ3) is 19.3. The van der Waals surface area contributed by atoms with E-state index in [1.807, 2.05) is 26.0 Å². The maximum Gasteiger partial charge on any atom is 0.330 e. The number of nitrogens with two attached hydrogens (primary N) is 2. The average Bonchev–Trinajstić information content (AvgIpc) is 0.767. The van der Waals surface area contributed by atoms with Gasteiger partial charge in [-0.1, -0.05) is 96.7 Å². The van der Waals surface area contributed by atoms with Crippen LogP contribution in [0.25, 0.3) is 11.1 Å². The number of fused-ring (bicyclic) bond motifs is 14. The number of carboxylic acids is 1. The molecule has 7 aliphatic heterocycles. The third-order valence-corrected chi connectivity index (χ3v) is 22.5. The van der Waals surface area contributed by atoms with Crippen LogP contribution >= 0.6 is 46.4 Å². The molecule has 7 heterocycles. The lowest BCUT2D eigenvalue weighted by Crippen LogP contribution is -2.65. The summed E-state index contributed by atoms with van der Waals surface area (Å²) in [4.78, 5) is 118. The van der Waals surface area contributed by atoms with Crippen molar-refractivity contribution in [1.29, 1.82) is 0 Å². The molecule has 9 unspecified atom stereocenters. The number of amides is 7. The minimum absolute atomic E-state index is 0.104. The van der Waals surface area contributed by atoms with E-state index in [4.69, 9.17) is 91.0 Å². The van der Waals surface area contributed by atoms with E-state index in [1.54, 1.807) is 44.2 Å². The van der Waals surface area contributed by atoms with Crippen molar-refractivity contribution in [2.24, 2.45) is 23.3 Å². The van der Waals surface area contributed by atoms with Crippen LogP contribution in [0, 0.1) is 11.8 Å². The topological polar surface area (TPSA) is 532 Å². The van der Waals surface area contributed by atoms with E-state index < -0.39 is 232 Å². The quantitative estimate of drug-likeness (QED) is 0.0543. The number of hydrogen-bond acceptors (Lipinski definition) is 26. The zero-order valence-electron chi connectivity index (χ0n) is 63.7. The summed E-state index contributed by atoms with van der Waals surface area (Å²) in [7, 11) is 1.48. The highest BCUT2D eigenvalue weighted by molar-refractivity contribution is 6.42. The van der Waals surface area contributed by atoms with E-state index in [0.29, 0.717) is 15.8 Å². The summed E-state index contributed by atoms with van der Waals surface area (Å²) >= 11 is 26.7. The van der Waals surface area contributed by atoms with Crippen LogP contribution in [0.5, 0.6) is 46.0 Å². The highest BCUT2D eigenvalue weighted by Gasteiger charge is 2.52. The summed E-state index contributed by atoms with van der Waals surface area (Å²) in [5, 5.41) is 127. The fourth-order valence-corrected chi connectivity index (χ4v) is 15.6. The second-order valence-electron chi connectivity index (χ2n) is 30.1. The van der Waals surface area contributed by atoms with Crippen molar-refractivity contribution in [3.05, 3.63) is 175 Å². The van der Waals surface area contributed by atoms with E-state index in [-0.39, 0.29) is 71.0 Å². The van der Waals surface area contributed by atoms with Crippen molar-refractivity contribution < 1.29 is 117 Å². The molecule has 118 heavy (non-hydrogen) atoms. The first-order chi connectivity index (χ1) is 56.0. The molecule has 8 aliphatic rings. The Hall–Kier alpha value is -10.1. The first-order valence-corrected chi connectivity index (χ1v) is 39.0. The van der Waals surface area contributed by atoms with Crippen LogP contribution in [0.4, 0.5) is 0 Å². The average molecular weight is 1720 g/mol. The van der Waals surface area contributed by atoms with Gasteiger partial charge in [0.15, 0.2) is 29.9 Å². The van der Waals surface area contributed by atoms with Crippen molar-refractivity contribution >= 4 is 93.7 Å². The summed E-state index contributed by atoms with van der Waals surface area (Å²) in [6.07, 6.45) is -15.8. The lowest BCUT2D eigenvalue weighted by molar-refractivity contribution is -0.331. The number of aliphatic hydroxyl groups is 5. The molecule has 2 fully saturated rings. The number of phenolic OH excluding ortho intramolecular Hbond substituents is 3. The number of hydrogen-bond donors (Lipinski definition) is 19. The number of nitrogens with one attached hydrogen (secondary N) is 8. The number of carbonyl (C=O) groups is 8. The Kier molecular flexibility index (Phi) is 27.1. The zero-order chi connectivity index (χ0) is 85.2. The molecule has 0 radical (unpaired) electrons. The van der Waals surface area contributed by atoms with Crippen LogP contribution in [0.3, 0.4) is 0 Å². The Morgan fingerprint density at radius 3 is 2.06 bits per heavy atom. The van der Waals surface area contributed by atoms with Gasteiger partial charge in [-0.3, -0.25) is 33.6 Å². The number of phenols is 3. The molecule has 2 saturated heterocycles. The van der Waals surface area contributed by atoms with Crippen LogP contribution in [0.15, 0.2) is 126 Å². The van der Waals surface area contributed by atoms with Crippen molar-refractivity contribution in [1.82, 2.24) is 42.5 Å². The smallest absolute Gasteiger partial charge is 0.330 e. The number of carboxylic acid groups (broad SMARTS) is 1. The van der Waals surface area contributed by atoms with Crippen LogP contribution in [0.2, 0.25) is 15.1 Å². The number of benzene rings is 6. The fourth-order valence-electron chi connectivity index (χ4n) is 14.8. The number of rotatable bonds is 19. The maximum absolute atomic E-state index is 16.2. The highest BCUT2D eigenvalue weighted by Crippen LogP contribution is 2.50. The van der Waals surface area contributed by atoms with Crippen molar-refractivity contribution in [3.63, 3.8) is 0 Å². The molecule has 0 saturated carbocycles. The number of carbonyl (C=O) groups excluding carboxylic acids is 7. The summed E-state index contributed by atoms with van der Waals surface area (Å²) in [5.74, 6) is -16.4. The maximum atomic E-state index is 16.2. The molecule has 630 valence electrons. The van der Waals surface area contributed by atoms with Crippen LogP contribution in [-0.2, 0) is 65.7 Å². The predicted molar refractivity (Wildman–Crippen MR) is 421 cm³/mol. The molecule has 19 atom stereocenters. The number of aromatic hydroxyl groups is 3. The summed E-state index contributed by atoms with van der Waals surface area (Å²) < 4.78 is 45.8. The van der Waals surface area contributed by atoms with Gasteiger partial charge in [-0.25, -0.2) is 4.79 Å². The Bertz CT molecular complexity index is 4930. The number of allylic oxidation sites excluding steroid dienone is 2. The minimum Gasteiger partial charge on any atom is -0.508 e. The lowest BCUT2D eigenvalue weighted by atomic mass is 9.84. The number of aliphatic hydroxyl groups excluding tert-OH is 5. The number of ether oxygens (including phenoxy) is 7. The van der Waals surface area contributed by atoms with E-state index >= 15 is 14.4 Å². The van der Waals surface area contributed by atoms with E-state index in [2.05, 4.69) is 42.5 Å². The number of primary amides is 1. The van der Waals surface area contributed by atoms with Gasteiger partial charge in [0.2, 0.25) is 53.4 Å². The fraction of sp³-hybridized carbons (Fsp3) is 0.400. The third-order valence-electron chi connectivity index (χ3n) is 21.1. The van der Waals surface area contributed by atoms with Crippen molar-refractivity contribution in [2.45, 2.75) is 176 Å². The Balaban J connectivity index is 1.01. The predicted octanol–water partition coefficient (Wildman–Crippen LogP) is 4.08. The number of likely N-dealkylation sites (N-methyl/N-ethyl adjacent to an activating group) is 1. The normalized spacial score (nSPS) is 28.2. The van der Waals surface area contributed by atoms with Gasteiger partial charge in [0.05, 0.1) is 50.9 Å². The van der Waals surface area contributed by atoms with Gasteiger partial charge in [0.25, 0.3) is 0 Å². The van der Waals surface area contributed by atoms with Gasteiger partial charge in [0.1, 0.15) is 95.7 Å². The van der Waals surface area contributed by atoms with Gasteiger partial charge in [-0.05, 0) is 140 Å². The van der Waals surface area contributed by atoms with E-state index in [9.17, 15) is 69.9 Å². The lowest BCUT2D eigenvalue weighted by Gasteiger charge is -2.48. The zero-order valence-corrected chi connectivity index (χ0v) is 66.7. The molecule has 21 N–H and O–H groups in total. The van der Waals surface area contributed by atoms with Crippen LogP contribution < -0.4 is 72.9 Å². The molecule has 38 heteroatoms. The molecule has 1 aliphatic carbocycles. The molecule has 0 aromatic heterocycles. The van der Waals surface area contributed by atoms with Gasteiger partial charge in [-0.2, -0.15) is 0 Å². The molecule has 14 rings (SSSR count). The standard InChI is InChI=1S/C80H88Cl4N10O24/c1-32(2)18-48(87-5)72(104)93-63-65(99)37-10-16-52(46(83)21-37)114-54-23-39-24-55(69(54)118-79-70(68(102)67(101)56(29-85)116-79)117-58-28-80(4,71(103)33(3)113-58)88-30-34-6-12-41(13-7-34)112-31-35-8-14-44(81)45(82)19-35)115-53-17-11-38(22-47(53)84)66(100)64-77(109)92-62(78(110)111)43-25-40(95)26-51(97)59(43)42-20-36(9-15-50(42)96)60(74(106)94-64)91-75(107)61(39)90-73(105)49(27-57(86)98)89-76(63)108/h6-10,12-17,19-26,32-33,38,48-49,56,58,60-68,70-71,79,87-88,95-97,99-103H,11,18,27-31,85H2,1-5H3,(H2,86,98)(H,89,108)(H,90,105)(H,91,107)(H,92,109)(H,93,104)(H,94,106)(H,110,111)/t33?,38-,48+,49-,56?,58?,60+,61+,62+,63+,64-,65+,66+,67?,68?,70?,71?,79?,80?/m0/s1. The van der Waals surface area contributed by atoms with Gasteiger partial charge < -0.3 is 133 Å². The monoisotopic (exact) mass is 1710 g/mol. The molecule has 6 aromatic carbocycles. The molecule has 6 aromatic rings. The minimum atomic E-state index is -2.34. The Morgan fingerprint density at radius 2 is 1.39 bits per heavy atom. The van der Waals surface area contributed by atoms with Crippen molar-refractivity contribution in [2.75, 3.05) is 13.6 Å². The molecule has 7 amide bonds. The summed E-state index contributed by atoms with van der Waals surface area (Å²) in [6.45, 7) is 6.82. The van der Waals surface area contributed by atoms with E-state index in [0.717, 1.165) is 59.7 Å². The van der Waals surface area contributed by atoms with Crippen molar-refractivity contribution in [3.8, 4) is 57.1 Å². The van der Waals surface area contributed by atoms with Crippen LogP contribution in [-0.4, -0.2) is 192 Å². The van der Waals surface area contributed by atoms with E-state index in [1.165, 1.54) is 31.3 Å². The first kappa shape index (κ1) is 87.2.